The van der Waals surface area contributed by atoms with Crippen molar-refractivity contribution in [2.24, 2.45) is 11.7 Å². The van der Waals surface area contributed by atoms with E-state index in [0.717, 1.165) is 31.1 Å². The van der Waals surface area contributed by atoms with Crippen LogP contribution in [-0.4, -0.2) is 6.61 Å². The lowest BCUT2D eigenvalue weighted by molar-refractivity contribution is 0.297. The van der Waals surface area contributed by atoms with Gasteiger partial charge in [0.15, 0.2) is 0 Å². The van der Waals surface area contributed by atoms with Gasteiger partial charge in [0, 0.05) is 6.04 Å². The molecule has 0 heterocycles. The summed E-state index contributed by atoms with van der Waals surface area (Å²) in [7, 11) is 0. The highest BCUT2D eigenvalue weighted by molar-refractivity contribution is 5.43. The Kier molecular flexibility index (Phi) is 3.06. The second-order valence-electron chi connectivity index (χ2n) is 5.40. The van der Waals surface area contributed by atoms with E-state index < -0.39 is 0 Å². The molecule has 1 unspecified atom stereocenters. The fourth-order valence-corrected chi connectivity index (χ4v) is 2.73. The zero-order valence-corrected chi connectivity index (χ0v) is 10.3. The van der Waals surface area contributed by atoms with Gasteiger partial charge in [0.25, 0.3) is 0 Å². The van der Waals surface area contributed by atoms with Crippen molar-refractivity contribution in [1.29, 1.82) is 0 Å². The molecule has 17 heavy (non-hydrogen) atoms. The Balaban J connectivity index is 1.71. The first-order chi connectivity index (χ1) is 8.34. The number of hydrogen-bond acceptors (Lipinski definition) is 2. The van der Waals surface area contributed by atoms with Crippen LogP contribution in [0.15, 0.2) is 18.2 Å². The second kappa shape index (κ2) is 4.69. The number of benzene rings is 1. The van der Waals surface area contributed by atoms with Gasteiger partial charge in [-0.3, -0.25) is 0 Å². The van der Waals surface area contributed by atoms with Gasteiger partial charge >= 0.3 is 0 Å². The molecule has 0 saturated heterocycles. The third-order valence-electron chi connectivity index (χ3n) is 3.99. The number of nitrogens with two attached hydrogens (primary N) is 1. The summed E-state index contributed by atoms with van der Waals surface area (Å²) in [6, 6.07) is 6.55. The number of ether oxygens (including phenoxy) is 1. The standard InChI is InChI=1S/C15H21NO/c16-14-5-1-4-13-12(14)3-2-6-15(13)17-10-9-11-7-8-11/h2-3,6,11,14H,1,4-5,7-10,16H2. The topological polar surface area (TPSA) is 35.2 Å². The molecule has 2 aliphatic carbocycles. The summed E-state index contributed by atoms with van der Waals surface area (Å²) in [5.74, 6) is 2.02. The predicted octanol–water partition coefficient (Wildman–Crippen LogP) is 3.20. The Labute approximate surface area is 103 Å². The van der Waals surface area contributed by atoms with E-state index >= 15 is 0 Å². The van der Waals surface area contributed by atoms with Crippen molar-refractivity contribution in [3.05, 3.63) is 29.3 Å². The Bertz CT molecular complexity index is 398. The Morgan fingerprint density at radius 3 is 2.94 bits per heavy atom. The fraction of sp³-hybridized carbons (Fsp3) is 0.600. The van der Waals surface area contributed by atoms with E-state index in [1.54, 1.807) is 0 Å². The van der Waals surface area contributed by atoms with Crippen LogP contribution in [0.3, 0.4) is 0 Å². The third-order valence-corrected chi connectivity index (χ3v) is 3.99. The van der Waals surface area contributed by atoms with E-state index in [2.05, 4.69) is 18.2 Å². The molecule has 0 amide bonds. The lowest BCUT2D eigenvalue weighted by atomic mass is 9.87. The average Bonchev–Trinajstić information content (AvgIpc) is 3.14. The SMILES string of the molecule is NC1CCCc2c(OCCC3CC3)cccc21. The van der Waals surface area contributed by atoms with Crippen LogP contribution in [0.5, 0.6) is 5.75 Å². The highest BCUT2D eigenvalue weighted by Gasteiger charge is 2.22. The van der Waals surface area contributed by atoms with Gasteiger partial charge in [-0.05, 0) is 48.8 Å². The van der Waals surface area contributed by atoms with Gasteiger partial charge in [-0.1, -0.05) is 25.0 Å². The van der Waals surface area contributed by atoms with Crippen LogP contribution in [0.2, 0.25) is 0 Å². The summed E-state index contributed by atoms with van der Waals surface area (Å²) in [6.45, 7) is 0.871. The molecule has 0 aliphatic heterocycles. The zero-order valence-electron chi connectivity index (χ0n) is 10.3. The van der Waals surface area contributed by atoms with Crippen LogP contribution in [0.4, 0.5) is 0 Å². The average molecular weight is 231 g/mol. The summed E-state index contributed by atoms with van der Waals surface area (Å²) < 4.78 is 5.95. The molecule has 92 valence electrons. The van der Waals surface area contributed by atoms with Crippen molar-refractivity contribution < 1.29 is 4.74 Å². The number of fused-ring (bicyclic) bond motifs is 1. The molecule has 1 atom stereocenters. The largest absolute Gasteiger partial charge is 0.493 e. The van der Waals surface area contributed by atoms with Gasteiger partial charge in [-0.2, -0.15) is 0 Å². The minimum Gasteiger partial charge on any atom is -0.493 e. The number of rotatable bonds is 4. The lowest BCUT2D eigenvalue weighted by Gasteiger charge is -2.24. The molecule has 2 aliphatic rings. The molecule has 0 radical (unpaired) electrons. The molecule has 1 fully saturated rings. The first-order valence-electron chi connectivity index (χ1n) is 6.85. The lowest BCUT2D eigenvalue weighted by Crippen LogP contribution is -2.18. The summed E-state index contributed by atoms with van der Waals surface area (Å²) in [6.07, 6.45) is 7.45. The quantitative estimate of drug-likeness (QED) is 0.863. The van der Waals surface area contributed by atoms with Gasteiger partial charge in [0.05, 0.1) is 6.61 Å². The summed E-state index contributed by atoms with van der Waals surface area (Å²) in [5, 5.41) is 0. The van der Waals surface area contributed by atoms with E-state index in [0.29, 0.717) is 0 Å². The Morgan fingerprint density at radius 2 is 2.12 bits per heavy atom. The molecule has 0 spiro atoms. The minimum atomic E-state index is 0.214. The normalized spacial score (nSPS) is 23.2. The highest BCUT2D eigenvalue weighted by Crippen LogP contribution is 2.35. The van der Waals surface area contributed by atoms with Crippen LogP contribution in [0, 0.1) is 5.92 Å². The van der Waals surface area contributed by atoms with Crippen LogP contribution in [0.1, 0.15) is 49.3 Å². The van der Waals surface area contributed by atoms with Crippen molar-refractivity contribution in [2.45, 2.75) is 44.6 Å². The number of hydrogen-bond donors (Lipinski definition) is 1. The molecule has 2 heteroatoms. The van der Waals surface area contributed by atoms with E-state index in [9.17, 15) is 0 Å². The molecule has 2 nitrogen and oxygen atoms in total. The zero-order chi connectivity index (χ0) is 11.7. The molecule has 3 rings (SSSR count). The van der Waals surface area contributed by atoms with Gasteiger partial charge in [-0.15, -0.1) is 0 Å². The van der Waals surface area contributed by atoms with Crippen molar-refractivity contribution in [3.8, 4) is 5.75 Å². The van der Waals surface area contributed by atoms with Crippen molar-refractivity contribution in [3.63, 3.8) is 0 Å². The van der Waals surface area contributed by atoms with Gasteiger partial charge < -0.3 is 10.5 Å². The maximum Gasteiger partial charge on any atom is 0.122 e. The smallest absolute Gasteiger partial charge is 0.122 e. The van der Waals surface area contributed by atoms with Crippen molar-refractivity contribution in [2.75, 3.05) is 6.61 Å². The highest BCUT2D eigenvalue weighted by atomic mass is 16.5. The van der Waals surface area contributed by atoms with Gasteiger partial charge in [0.2, 0.25) is 0 Å². The molecule has 2 N–H and O–H groups in total. The first kappa shape index (κ1) is 11.1. The van der Waals surface area contributed by atoms with E-state index in [-0.39, 0.29) is 6.04 Å². The van der Waals surface area contributed by atoms with Crippen LogP contribution >= 0.6 is 0 Å². The molecule has 1 saturated carbocycles. The molecule has 0 aromatic heterocycles. The molecule has 1 aromatic carbocycles. The minimum absolute atomic E-state index is 0.214. The van der Waals surface area contributed by atoms with Gasteiger partial charge in [-0.25, -0.2) is 0 Å². The summed E-state index contributed by atoms with van der Waals surface area (Å²) in [5.41, 5.74) is 8.82. The van der Waals surface area contributed by atoms with Crippen LogP contribution < -0.4 is 10.5 Å². The monoisotopic (exact) mass is 231 g/mol. The maximum atomic E-state index is 6.15. The molecular weight excluding hydrogens is 210 g/mol. The van der Waals surface area contributed by atoms with E-state index in [4.69, 9.17) is 10.5 Å². The fourth-order valence-electron chi connectivity index (χ4n) is 2.73. The van der Waals surface area contributed by atoms with Crippen LogP contribution in [-0.2, 0) is 6.42 Å². The van der Waals surface area contributed by atoms with E-state index in [1.165, 1.54) is 36.8 Å². The summed E-state index contributed by atoms with van der Waals surface area (Å²) >= 11 is 0. The Morgan fingerprint density at radius 1 is 1.24 bits per heavy atom. The van der Waals surface area contributed by atoms with Crippen molar-refractivity contribution in [1.82, 2.24) is 0 Å². The molecule has 1 aromatic rings. The van der Waals surface area contributed by atoms with Crippen molar-refractivity contribution >= 4 is 0 Å². The Hall–Kier alpha value is -1.02. The van der Waals surface area contributed by atoms with Gasteiger partial charge in [0.1, 0.15) is 5.75 Å². The van der Waals surface area contributed by atoms with Crippen LogP contribution in [0.25, 0.3) is 0 Å². The first-order valence-corrected chi connectivity index (χ1v) is 6.85. The maximum absolute atomic E-state index is 6.15. The molecule has 0 bridgehead atoms. The third kappa shape index (κ3) is 2.47. The summed E-state index contributed by atoms with van der Waals surface area (Å²) in [4.78, 5) is 0. The molecular formula is C15H21NO. The predicted molar refractivity (Wildman–Crippen MR) is 69.1 cm³/mol. The second-order valence-corrected chi connectivity index (χ2v) is 5.40. The van der Waals surface area contributed by atoms with E-state index in [1.807, 2.05) is 0 Å².